The highest BCUT2D eigenvalue weighted by Crippen LogP contribution is 2.25. The van der Waals surface area contributed by atoms with Crippen molar-refractivity contribution in [3.8, 4) is 0 Å². The molecule has 1 aliphatic heterocycles. The fraction of sp³-hybridized carbons (Fsp3) is 0.438. The number of nitro benzene ring substituents is 1. The lowest BCUT2D eigenvalue weighted by Gasteiger charge is -2.36. The van der Waals surface area contributed by atoms with Crippen LogP contribution in [0.25, 0.3) is 0 Å². The normalized spacial score (nSPS) is 19.0. The Kier molecular flexibility index (Phi) is 4.40. The molecule has 1 aliphatic rings. The molecular weight excluding hydrogens is 294 g/mol. The Hall–Kier alpha value is -2.25. The first-order valence-corrected chi connectivity index (χ1v) is 7.72. The minimum Gasteiger partial charge on any atom is -0.337 e. The van der Waals surface area contributed by atoms with Crippen LogP contribution in [0.1, 0.15) is 23.0 Å². The lowest BCUT2D eigenvalue weighted by molar-refractivity contribution is -0.384. The summed E-state index contributed by atoms with van der Waals surface area (Å²) in [6.45, 7) is 5.42. The predicted molar refractivity (Wildman–Crippen MR) is 87.1 cm³/mol. The number of imidazole rings is 1. The molecule has 122 valence electrons. The lowest BCUT2D eigenvalue weighted by atomic mass is 10.1. The maximum atomic E-state index is 10.9. The summed E-state index contributed by atoms with van der Waals surface area (Å²) in [4.78, 5) is 17.4. The van der Waals surface area contributed by atoms with Gasteiger partial charge in [-0.05, 0) is 18.1 Å². The molecule has 3 rings (SSSR count). The highest BCUT2D eigenvalue weighted by molar-refractivity contribution is 5.39. The van der Waals surface area contributed by atoms with E-state index in [1.807, 2.05) is 37.0 Å². The molecule has 1 aromatic carbocycles. The van der Waals surface area contributed by atoms with Crippen molar-refractivity contribution in [2.24, 2.45) is 7.05 Å². The predicted octanol–water partition coefficient (Wildman–Crippen LogP) is 1.78. The molecule has 7 nitrogen and oxygen atoms in total. The van der Waals surface area contributed by atoms with Gasteiger partial charge in [-0.15, -0.1) is 0 Å². The Morgan fingerprint density at radius 1 is 1.48 bits per heavy atom. The van der Waals surface area contributed by atoms with Gasteiger partial charge in [0.15, 0.2) is 0 Å². The Morgan fingerprint density at radius 3 is 2.96 bits per heavy atom. The van der Waals surface area contributed by atoms with Gasteiger partial charge >= 0.3 is 0 Å². The van der Waals surface area contributed by atoms with E-state index in [4.69, 9.17) is 0 Å². The van der Waals surface area contributed by atoms with Crippen molar-refractivity contribution < 1.29 is 4.92 Å². The summed E-state index contributed by atoms with van der Waals surface area (Å²) in [5.41, 5.74) is 2.22. The first-order valence-electron chi connectivity index (χ1n) is 7.72. The molecule has 2 heterocycles. The first kappa shape index (κ1) is 15.6. The van der Waals surface area contributed by atoms with Crippen LogP contribution in [0.3, 0.4) is 0 Å². The van der Waals surface area contributed by atoms with Gasteiger partial charge < -0.3 is 9.88 Å². The van der Waals surface area contributed by atoms with Gasteiger partial charge in [-0.2, -0.15) is 0 Å². The summed E-state index contributed by atoms with van der Waals surface area (Å²) in [5.74, 6) is 1.04. The van der Waals surface area contributed by atoms with Gasteiger partial charge in [0.1, 0.15) is 5.82 Å². The van der Waals surface area contributed by atoms with E-state index >= 15 is 0 Å². The number of rotatable bonds is 4. The molecule has 0 bridgehead atoms. The summed E-state index contributed by atoms with van der Waals surface area (Å²) >= 11 is 0. The SMILES string of the molecule is Cc1cc([N+](=O)[O-])ccc1CN1CCNCC1c1nccn1C. The van der Waals surface area contributed by atoms with Crippen molar-refractivity contribution in [3.63, 3.8) is 0 Å². The standard InChI is InChI=1S/C16H21N5O2/c1-12-9-14(21(22)23)4-3-13(12)11-20-8-5-17-10-15(20)16-18-6-7-19(16)2/h3-4,6-7,9,15,17H,5,8,10-11H2,1-2H3. The minimum absolute atomic E-state index is 0.146. The van der Waals surface area contributed by atoms with Crippen molar-refractivity contribution in [1.82, 2.24) is 19.8 Å². The zero-order chi connectivity index (χ0) is 16.4. The molecule has 7 heteroatoms. The van der Waals surface area contributed by atoms with Crippen molar-refractivity contribution in [1.29, 1.82) is 0 Å². The number of piperazine rings is 1. The smallest absolute Gasteiger partial charge is 0.269 e. The molecule has 0 amide bonds. The summed E-state index contributed by atoms with van der Waals surface area (Å²) in [7, 11) is 2.01. The van der Waals surface area contributed by atoms with E-state index in [1.54, 1.807) is 12.1 Å². The zero-order valence-corrected chi connectivity index (χ0v) is 13.4. The van der Waals surface area contributed by atoms with Crippen molar-refractivity contribution >= 4 is 5.69 Å². The number of aromatic nitrogens is 2. The molecule has 0 aliphatic carbocycles. The fourth-order valence-electron chi connectivity index (χ4n) is 3.08. The molecule has 1 saturated heterocycles. The maximum absolute atomic E-state index is 10.9. The summed E-state index contributed by atoms with van der Waals surface area (Å²) in [6.07, 6.45) is 3.78. The number of nitro groups is 1. The molecule has 1 atom stereocenters. The quantitative estimate of drug-likeness (QED) is 0.687. The third-order valence-electron chi connectivity index (χ3n) is 4.42. The molecule has 1 aromatic heterocycles. The average Bonchev–Trinajstić information content (AvgIpc) is 2.95. The maximum Gasteiger partial charge on any atom is 0.269 e. The second kappa shape index (κ2) is 6.47. The lowest BCUT2D eigenvalue weighted by Crippen LogP contribution is -2.46. The number of nitrogens with zero attached hydrogens (tertiary/aromatic N) is 4. The monoisotopic (exact) mass is 315 g/mol. The largest absolute Gasteiger partial charge is 0.337 e. The molecule has 23 heavy (non-hydrogen) atoms. The third-order valence-corrected chi connectivity index (χ3v) is 4.42. The van der Waals surface area contributed by atoms with Crippen LogP contribution in [0.2, 0.25) is 0 Å². The van der Waals surface area contributed by atoms with Crippen LogP contribution >= 0.6 is 0 Å². The number of nitrogens with one attached hydrogen (secondary N) is 1. The fourth-order valence-corrected chi connectivity index (χ4v) is 3.08. The average molecular weight is 315 g/mol. The molecule has 0 radical (unpaired) electrons. The van der Waals surface area contributed by atoms with Gasteiger partial charge in [0.2, 0.25) is 0 Å². The van der Waals surface area contributed by atoms with Gasteiger partial charge in [0.25, 0.3) is 5.69 Å². The topological polar surface area (TPSA) is 76.2 Å². The van der Waals surface area contributed by atoms with Crippen LogP contribution in [0.4, 0.5) is 5.69 Å². The summed E-state index contributed by atoms with van der Waals surface area (Å²) in [6, 6.07) is 5.30. The number of hydrogen-bond donors (Lipinski definition) is 1. The van der Waals surface area contributed by atoms with Gasteiger partial charge in [0, 0.05) is 57.8 Å². The van der Waals surface area contributed by atoms with Crippen molar-refractivity contribution in [2.45, 2.75) is 19.5 Å². The van der Waals surface area contributed by atoms with Gasteiger partial charge in [0.05, 0.1) is 11.0 Å². The first-order chi connectivity index (χ1) is 11.1. The van der Waals surface area contributed by atoms with Crippen molar-refractivity contribution in [2.75, 3.05) is 19.6 Å². The van der Waals surface area contributed by atoms with Crippen LogP contribution in [-0.2, 0) is 13.6 Å². The second-order valence-electron chi connectivity index (χ2n) is 5.95. The number of aryl methyl sites for hydroxylation is 2. The third kappa shape index (κ3) is 3.25. The van der Waals surface area contributed by atoms with Crippen LogP contribution in [0.15, 0.2) is 30.6 Å². The Labute approximate surface area is 135 Å². The Balaban J connectivity index is 1.82. The Morgan fingerprint density at radius 2 is 2.30 bits per heavy atom. The van der Waals surface area contributed by atoms with Gasteiger partial charge in [-0.1, -0.05) is 6.07 Å². The van der Waals surface area contributed by atoms with E-state index in [0.717, 1.165) is 43.1 Å². The van der Waals surface area contributed by atoms with Gasteiger partial charge in [-0.3, -0.25) is 15.0 Å². The molecule has 2 aromatic rings. The number of benzene rings is 1. The minimum atomic E-state index is -0.349. The van der Waals surface area contributed by atoms with E-state index < -0.39 is 0 Å². The number of hydrogen-bond acceptors (Lipinski definition) is 5. The number of non-ortho nitro benzene ring substituents is 1. The molecule has 1 fully saturated rings. The summed E-state index contributed by atoms with van der Waals surface area (Å²) in [5, 5.41) is 14.3. The molecule has 1 unspecified atom stereocenters. The summed E-state index contributed by atoms with van der Waals surface area (Å²) < 4.78 is 2.05. The van der Waals surface area contributed by atoms with Crippen LogP contribution in [-0.4, -0.2) is 39.0 Å². The van der Waals surface area contributed by atoms with Crippen LogP contribution < -0.4 is 5.32 Å². The van der Waals surface area contributed by atoms with E-state index in [1.165, 1.54) is 0 Å². The Bertz CT molecular complexity index is 712. The van der Waals surface area contributed by atoms with E-state index in [-0.39, 0.29) is 16.7 Å². The highest BCUT2D eigenvalue weighted by atomic mass is 16.6. The molecular formula is C16H21N5O2. The molecule has 1 N–H and O–H groups in total. The molecule has 0 saturated carbocycles. The van der Waals surface area contributed by atoms with E-state index in [9.17, 15) is 10.1 Å². The van der Waals surface area contributed by atoms with Crippen molar-refractivity contribution in [3.05, 3.63) is 57.7 Å². The van der Waals surface area contributed by atoms with Crippen LogP contribution in [0.5, 0.6) is 0 Å². The van der Waals surface area contributed by atoms with Crippen LogP contribution in [0, 0.1) is 17.0 Å². The highest BCUT2D eigenvalue weighted by Gasteiger charge is 2.27. The molecule has 0 spiro atoms. The van der Waals surface area contributed by atoms with E-state index in [2.05, 4.69) is 15.2 Å². The van der Waals surface area contributed by atoms with Gasteiger partial charge in [-0.25, -0.2) is 4.98 Å². The zero-order valence-electron chi connectivity index (χ0n) is 13.4. The second-order valence-corrected chi connectivity index (χ2v) is 5.95. The van der Waals surface area contributed by atoms with E-state index in [0.29, 0.717) is 0 Å².